The minimum Gasteiger partial charge on any atom is -0.327 e. The number of hydrogen-bond donors (Lipinski definition) is 1. The van der Waals surface area contributed by atoms with Crippen molar-refractivity contribution in [3.8, 4) is 0 Å². The van der Waals surface area contributed by atoms with E-state index in [4.69, 9.17) is 5.14 Å². The van der Waals surface area contributed by atoms with Crippen LogP contribution in [0.1, 0.15) is 24.2 Å². The first-order chi connectivity index (χ1) is 9.42. The molecular weight excluding hydrogens is 309 g/mol. The lowest BCUT2D eigenvalue weighted by Gasteiger charge is -2.27. The Labute approximate surface area is 120 Å². The molecule has 1 aromatic carbocycles. The molecule has 0 atom stereocenters. The molecule has 0 spiro atoms. The van der Waals surface area contributed by atoms with Crippen molar-refractivity contribution in [3.63, 3.8) is 0 Å². The normalized spacial score (nSPS) is 12.5. The highest BCUT2D eigenvalue weighted by molar-refractivity contribution is 7.89. The third-order valence-electron chi connectivity index (χ3n) is 2.64. The number of nitrogens with zero attached hydrogens (tertiary/aromatic N) is 1. The third kappa shape index (κ3) is 5.01. The molecule has 0 aliphatic heterocycles. The second-order valence-electron chi connectivity index (χ2n) is 4.71. The Balaban J connectivity index is 3.16. The van der Waals surface area contributed by atoms with Crippen LogP contribution in [0.5, 0.6) is 0 Å². The predicted molar refractivity (Wildman–Crippen MR) is 70.0 cm³/mol. The fourth-order valence-electron chi connectivity index (χ4n) is 1.65. The van der Waals surface area contributed by atoms with E-state index in [1.54, 1.807) is 0 Å². The van der Waals surface area contributed by atoms with Gasteiger partial charge in [-0.1, -0.05) is 6.07 Å². The minimum absolute atomic E-state index is 0.167. The molecule has 0 saturated carbocycles. The molecule has 1 rings (SSSR count). The standard InChI is InChI=1S/C12H15F3N2O3S/c1-8(2)17(7-12(13,14)15)11(18)9-4-3-5-10(6-9)21(16,19)20/h3-6,8H,7H2,1-2H3,(H2,16,19,20). The van der Waals surface area contributed by atoms with E-state index in [1.165, 1.54) is 26.0 Å². The van der Waals surface area contributed by atoms with Crippen molar-refractivity contribution in [2.75, 3.05) is 6.54 Å². The summed E-state index contributed by atoms with van der Waals surface area (Å²) in [6, 6.07) is 3.91. The van der Waals surface area contributed by atoms with Crippen LogP contribution in [0.25, 0.3) is 0 Å². The van der Waals surface area contributed by atoms with Gasteiger partial charge in [-0.2, -0.15) is 13.2 Å². The molecule has 0 unspecified atom stereocenters. The van der Waals surface area contributed by atoms with Gasteiger partial charge in [0, 0.05) is 11.6 Å². The van der Waals surface area contributed by atoms with Crippen molar-refractivity contribution in [2.24, 2.45) is 5.14 Å². The van der Waals surface area contributed by atoms with Crippen molar-refractivity contribution >= 4 is 15.9 Å². The van der Waals surface area contributed by atoms with Crippen molar-refractivity contribution in [1.29, 1.82) is 0 Å². The molecule has 0 aliphatic rings. The van der Waals surface area contributed by atoms with Gasteiger partial charge in [0.15, 0.2) is 0 Å². The highest BCUT2D eigenvalue weighted by Crippen LogP contribution is 2.20. The number of amides is 1. The molecule has 0 aromatic heterocycles. The monoisotopic (exact) mass is 324 g/mol. The summed E-state index contributed by atoms with van der Waals surface area (Å²) in [5, 5.41) is 4.93. The van der Waals surface area contributed by atoms with Gasteiger partial charge in [0.05, 0.1) is 4.90 Å². The van der Waals surface area contributed by atoms with Crippen LogP contribution in [0.15, 0.2) is 29.2 Å². The van der Waals surface area contributed by atoms with Crippen LogP contribution in [-0.4, -0.2) is 38.0 Å². The summed E-state index contributed by atoms with van der Waals surface area (Å²) in [5.41, 5.74) is -0.167. The second-order valence-corrected chi connectivity index (χ2v) is 6.28. The quantitative estimate of drug-likeness (QED) is 0.916. The number of rotatable bonds is 4. The molecule has 0 heterocycles. The SMILES string of the molecule is CC(C)N(CC(F)(F)F)C(=O)c1cccc(S(N)(=O)=O)c1. The molecule has 5 nitrogen and oxygen atoms in total. The van der Waals surface area contributed by atoms with Gasteiger partial charge in [0.25, 0.3) is 5.91 Å². The summed E-state index contributed by atoms with van der Waals surface area (Å²) in [7, 11) is -4.03. The first kappa shape index (κ1) is 17.4. The van der Waals surface area contributed by atoms with Gasteiger partial charge in [-0.25, -0.2) is 13.6 Å². The van der Waals surface area contributed by atoms with E-state index < -0.39 is 34.7 Å². The number of hydrogen-bond acceptors (Lipinski definition) is 3. The molecule has 21 heavy (non-hydrogen) atoms. The Morgan fingerprint density at radius 3 is 2.33 bits per heavy atom. The molecule has 118 valence electrons. The average molecular weight is 324 g/mol. The van der Waals surface area contributed by atoms with E-state index in [-0.39, 0.29) is 10.5 Å². The number of carbonyl (C=O) groups excluding carboxylic acids is 1. The Hall–Kier alpha value is -1.61. The summed E-state index contributed by atoms with van der Waals surface area (Å²) in [6.07, 6.45) is -4.54. The Bertz CT molecular complexity index is 627. The molecule has 9 heteroatoms. The van der Waals surface area contributed by atoms with E-state index in [0.29, 0.717) is 4.90 Å². The average Bonchev–Trinajstić information content (AvgIpc) is 2.33. The third-order valence-corrected chi connectivity index (χ3v) is 3.55. The lowest BCUT2D eigenvalue weighted by molar-refractivity contribution is -0.143. The summed E-state index contributed by atoms with van der Waals surface area (Å²) in [6.45, 7) is 1.46. The summed E-state index contributed by atoms with van der Waals surface area (Å²) in [5.74, 6) is -0.909. The molecule has 0 radical (unpaired) electrons. The largest absolute Gasteiger partial charge is 0.406 e. The van der Waals surface area contributed by atoms with Gasteiger partial charge < -0.3 is 4.90 Å². The lowest BCUT2D eigenvalue weighted by Crippen LogP contribution is -2.43. The first-order valence-corrected chi connectivity index (χ1v) is 7.47. The first-order valence-electron chi connectivity index (χ1n) is 5.92. The molecule has 0 saturated heterocycles. The highest BCUT2D eigenvalue weighted by Gasteiger charge is 2.34. The smallest absolute Gasteiger partial charge is 0.327 e. The van der Waals surface area contributed by atoms with Crippen LogP contribution in [0, 0.1) is 0 Å². The lowest BCUT2D eigenvalue weighted by atomic mass is 10.1. The number of benzene rings is 1. The molecule has 0 fully saturated rings. The van der Waals surface area contributed by atoms with Crippen molar-refractivity contribution in [3.05, 3.63) is 29.8 Å². The molecule has 2 N–H and O–H groups in total. The highest BCUT2D eigenvalue weighted by atomic mass is 32.2. The van der Waals surface area contributed by atoms with E-state index in [2.05, 4.69) is 0 Å². The maximum atomic E-state index is 12.5. The Morgan fingerprint density at radius 1 is 1.33 bits per heavy atom. The van der Waals surface area contributed by atoms with Crippen LogP contribution in [0.4, 0.5) is 13.2 Å². The van der Waals surface area contributed by atoms with Crippen LogP contribution >= 0.6 is 0 Å². The predicted octanol–water partition coefficient (Wildman–Crippen LogP) is 1.75. The number of sulfonamides is 1. The van der Waals surface area contributed by atoms with E-state index in [1.807, 2.05) is 0 Å². The molecule has 1 aromatic rings. The van der Waals surface area contributed by atoms with Crippen LogP contribution in [-0.2, 0) is 10.0 Å². The Morgan fingerprint density at radius 2 is 1.90 bits per heavy atom. The van der Waals surface area contributed by atoms with Gasteiger partial charge in [-0.3, -0.25) is 4.79 Å². The van der Waals surface area contributed by atoms with E-state index in [9.17, 15) is 26.4 Å². The Kier molecular flexibility index (Phi) is 5.00. The zero-order valence-corrected chi connectivity index (χ0v) is 12.2. The van der Waals surface area contributed by atoms with Crippen molar-refractivity contribution < 1.29 is 26.4 Å². The zero-order chi connectivity index (χ0) is 16.4. The fourth-order valence-corrected chi connectivity index (χ4v) is 2.21. The number of primary sulfonamides is 1. The number of alkyl halides is 3. The second kappa shape index (κ2) is 6.02. The topological polar surface area (TPSA) is 80.5 Å². The summed E-state index contributed by atoms with van der Waals surface area (Å²) in [4.78, 5) is 12.4. The van der Waals surface area contributed by atoms with Gasteiger partial charge in [0.2, 0.25) is 10.0 Å². The van der Waals surface area contributed by atoms with Gasteiger partial charge in [0.1, 0.15) is 6.54 Å². The van der Waals surface area contributed by atoms with Gasteiger partial charge in [-0.15, -0.1) is 0 Å². The van der Waals surface area contributed by atoms with E-state index in [0.717, 1.165) is 12.1 Å². The number of carbonyl (C=O) groups is 1. The van der Waals surface area contributed by atoms with Crippen molar-refractivity contribution in [1.82, 2.24) is 4.90 Å². The molecular formula is C12H15F3N2O3S. The van der Waals surface area contributed by atoms with Gasteiger partial charge >= 0.3 is 6.18 Å². The maximum Gasteiger partial charge on any atom is 0.406 e. The number of nitrogens with two attached hydrogens (primary N) is 1. The maximum absolute atomic E-state index is 12.5. The van der Waals surface area contributed by atoms with Crippen molar-refractivity contribution in [2.45, 2.75) is 31.0 Å². The minimum atomic E-state index is -4.54. The molecule has 1 amide bonds. The fraction of sp³-hybridized carbons (Fsp3) is 0.417. The summed E-state index contributed by atoms with van der Waals surface area (Å²) < 4.78 is 59.9. The zero-order valence-electron chi connectivity index (χ0n) is 11.4. The van der Waals surface area contributed by atoms with E-state index >= 15 is 0 Å². The van der Waals surface area contributed by atoms with Gasteiger partial charge in [-0.05, 0) is 32.0 Å². The number of halogens is 3. The van der Waals surface area contributed by atoms with Crippen LogP contribution in [0.3, 0.4) is 0 Å². The van der Waals surface area contributed by atoms with Crippen LogP contribution in [0.2, 0.25) is 0 Å². The molecule has 0 aliphatic carbocycles. The summed E-state index contributed by atoms with van der Waals surface area (Å²) >= 11 is 0. The van der Waals surface area contributed by atoms with Crippen LogP contribution < -0.4 is 5.14 Å². The molecule has 0 bridgehead atoms.